The standard InChI is InChI=1S/C41H41F2N5O3/c1-27-32(23-28-13-8-6-9-14-28)38(49)48-36(26-46(5)24-29-15-10-7-11-16-29)37(30-19-21-31(22-20-30)44-40(50)51-41(2,3)4)45-39(48)47(27)25-33-34(42)17-12-18-35(33)43/h6-22H,23-26H2,1-5H3,(H,44,50). The van der Waals surface area contributed by atoms with Crippen molar-refractivity contribution in [1.82, 2.24) is 18.9 Å². The molecule has 0 aliphatic carbocycles. The average Bonchev–Trinajstić information content (AvgIpc) is 3.45. The number of ether oxygens (including phenoxy) is 1. The highest BCUT2D eigenvalue weighted by Gasteiger charge is 2.25. The lowest BCUT2D eigenvalue weighted by molar-refractivity contribution is 0.0636. The molecule has 6 aromatic rings. The third-order valence-electron chi connectivity index (χ3n) is 8.62. The first-order chi connectivity index (χ1) is 24.4. The van der Waals surface area contributed by atoms with Gasteiger partial charge in [0.25, 0.3) is 5.56 Å². The molecule has 0 spiro atoms. The predicted octanol–water partition coefficient (Wildman–Crippen LogP) is 8.37. The van der Waals surface area contributed by atoms with E-state index in [0.717, 1.165) is 11.1 Å². The van der Waals surface area contributed by atoms with E-state index in [-0.39, 0.29) is 23.4 Å². The largest absolute Gasteiger partial charge is 0.444 e. The van der Waals surface area contributed by atoms with Crippen molar-refractivity contribution in [1.29, 1.82) is 0 Å². The molecule has 51 heavy (non-hydrogen) atoms. The van der Waals surface area contributed by atoms with Crippen molar-refractivity contribution >= 4 is 17.6 Å². The number of fused-ring (bicyclic) bond motifs is 1. The lowest BCUT2D eigenvalue weighted by Gasteiger charge is -2.20. The van der Waals surface area contributed by atoms with Gasteiger partial charge in [0.05, 0.1) is 17.9 Å². The molecule has 2 aromatic heterocycles. The van der Waals surface area contributed by atoms with E-state index in [2.05, 4.69) is 10.2 Å². The van der Waals surface area contributed by atoms with Gasteiger partial charge in [-0.05, 0) is 70.1 Å². The molecular weight excluding hydrogens is 648 g/mol. The Bertz CT molecular complexity index is 2200. The minimum atomic E-state index is -0.682. The molecule has 0 unspecified atom stereocenters. The van der Waals surface area contributed by atoms with E-state index in [4.69, 9.17) is 9.72 Å². The molecule has 0 saturated carbocycles. The van der Waals surface area contributed by atoms with Crippen molar-refractivity contribution < 1.29 is 18.3 Å². The summed E-state index contributed by atoms with van der Waals surface area (Å²) in [5, 5.41) is 2.75. The quantitative estimate of drug-likeness (QED) is 0.156. The predicted molar refractivity (Wildman–Crippen MR) is 196 cm³/mol. The number of hydrogen-bond acceptors (Lipinski definition) is 5. The zero-order valence-corrected chi connectivity index (χ0v) is 29.4. The highest BCUT2D eigenvalue weighted by molar-refractivity contribution is 5.85. The van der Waals surface area contributed by atoms with Crippen molar-refractivity contribution in [2.45, 2.75) is 59.4 Å². The summed E-state index contributed by atoms with van der Waals surface area (Å²) in [6.45, 7) is 7.93. The first kappa shape index (κ1) is 35.2. The van der Waals surface area contributed by atoms with Crippen LogP contribution < -0.4 is 10.9 Å². The van der Waals surface area contributed by atoms with Crippen LogP contribution in [0.3, 0.4) is 0 Å². The van der Waals surface area contributed by atoms with Crippen LogP contribution in [0.2, 0.25) is 0 Å². The molecule has 2 heterocycles. The molecule has 0 atom stereocenters. The molecule has 0 aliphatic heterocycles. The number of rotatable bonds is 10. The SMILES string of the molecule is Cc1c(Cc2ccccc2)c(=O)n2c(CN(C)Cc3ccccc3)c(-c3ccc(NC(=O)OC(C)(C)C)cc3)nc2n1Cc1c(F)cccc1F. The fourth-order valence-corrected chi connectivity index (χ4v) is 6.19. The molecule has 6 rings (SSSR count). The number of benzene rings is 4. The van der Waals surface area contributed by atoms with Gasteiger partial charge in [-0.3, -0.25) is 15.0 Å². The second-order valence-corrected chi connectivity index (χ2v) is 13.7. The van der Waals surface area contributed by atoms with Gasteiger partial charge in [0.1, 0.15) is 17.2 Å². The first-order valence-electron chi connectivity index (χ1n) is 16.8. The Balaban J connectivity index is 1.53. The van der Waals surface area contributed by atoms with E-state index in [9.17, 15) is 9.59 Å². The first-order valence-corrected chi connectivity index (χ1v) is 16.8. The van der Waals surface area contributed by atoms with Gasteiger partial charge in [-0.25, -0.2) is 23.0 Å². The van der Waals surface area contributed by atoms with Crippen LogP contribution in [-0.2, 0) is 30.8 Å². The Labute approximate surface area is 296 Å². The smallest absolute Gasteiger partial charge is 0.412 e. The van der Waals surface area contributed by atoms with Crippen LogP contribution >= 0.6 is 0 Å². The zero-order chi connectivity index (χ0) is 36.3. The summed E-state index contributed by atoms with van der Waals surface area (Å²) in [5.74, 6) is -1.09. The number of nitrogens with one attached hydrogen (secondary N) is 1. The summed E-state index contributed by atoms with van der Waals surface area (Å²) in [5.41, 5.74) is 4.44. The van der Waals surface area contributed by atoms with Gasteiger partial charge in [0.15, 0.2) is 0 Å². The molecule has 262 valence electrons. The van der Waals surface area contributed by atoms with Crippen LogP contribution in [0.5, 0.6) is 0 Å². The van der Waals surface area contributed by atoms with Crippen LogP contribution in [0.25, 0.3) is 17.0 Å². The van der Waals surface area contributed by atoms with Gasteiger partial charge < -0.3 is 9.30 Å². The average molecular weight is 690 g/mol. The number of carbonyl (C=O) groups is 1. The van der Waals surface area contributed by atoms with Crippen molar-refractivity contribution in [2.24, 2.45) is 0 Å². The number of aromatic nitrogens is 3. The lowest BCUT2D eigenvalue weighted by Crippen LogP contribution is -2.29. The molecule has 10 heteroatoms. The number of imidazole rings is 1. The van der Waals surface area contributed by atoms with Crippen LogP contribution in [0.1, 0.15) is 54.4 Å². The summed E-state index contributed by atoms with van der Waals surface area (Å²) in [6, 6.07) is 30.6. The maximum absolute atomic E-state index is 15.2. The van der Waals surface area contributed by atoms with E-state index in [1.54, 1.807) is 48.8 Å². The molecule has 0 fully saturated rings. The van der Waals surface area contributed by atoms with E-state index in [0.29, 0.717) is 53.4 Å². The number of hydrogen-bond donors (Lipinski definition) is 1. The summed E-state index contributed by atoms with van der Waals surface area (Å²) >= 11 is 0. The van der Waals surface area contributed by atoms with Crippen molar-refractivity contribution in [2.75, 3.05) is 12.4 Å². The normalized spacial score (nSPS) is 11.7. The number of amides is 1. The molecule has 0 bridgehead atoms. The molecular formula is C41H41F2N5O3. The minimum absolute atomic E-state index is 0.123. The van der Waals surface area contributed by atoms with Gasteiger partial charge in [0.2, 0.25) is 5.78 Å². The number of nitrogens with zero attached hydrogens (tertiary/aromatic N) is 4. The maximum atomic E-state index is 15.2. The summed E-state index contributed by atoms with van der Waals surface area (Å²) in [6.07, 6.45) is -0.260. The van der Waals surface area contributed by atoms with E-state index < -0.39 is 23.3 Å². The van der Waals surface area contributed by atoms with E-state index >= 15 is 8.78 Å². The Morgan fingerprint density at radius 3 is 2.04 bits per heavy atom. The Morgan fingerprint density at radius 2 is 1.43 bits per heavy atom. The fraction of sp³-hybridized carbons (Fsp3) is 0.244. The van der Waals surface area contributed by atoms with Crippen LogP contribution in [0.15, 0.2) is 108 Å². The summed E-state index contributed by atoms with van der Waals surface area (Å²) < 4.78 is 39.0. The molecule has 1 amide bonds. The lowest BCUT2D eigenvalue weighted by atomic mass is 10.0. The zero-order valence-electron chi connectivity index (χ0n) is 29.4. The van der Waals surface area contributed by atoms with Crippen molar-refractivity contribution in [3.05, 3.63) is 159 Å². The van der Waals surface area contributed by atoms with Gasteiger partial charge in [-0.2, -0.15) is 0 Å². The monoisotopic (exact) mass is 689 g/mol. The van der Waals surface area contributed by atoms with Gasteiger partial charge in [-0.1, -0.05) is 78.9 Å². The van der Waals surface area contributed by atoms with Gasteiger partial charge in [0, 0.05) is 47.6 Å². The Morgan fingerprint density at radius 1 is 0.824 bits per heavy atom. The number of anilines is 1. The van der Waals surface area contributed by atoms with E-state index in [1.165, 1.54) is 18.2 Å². The molecule has 0 radical (unpaired) electrons. The van der Waals surface area contributed by atoms with Crippen molar-refractivity contribution in [3.8, 4) is 11.3 Å². The highest BCUT2D eigenvalue weighted by Crippen LogP contribution is 2.29. The van der Waals surface area contributed by atoms with Crippen LogP contribution in [0.4, 0.5) is 19.3 Å². The highest BCUT2D eigenvalue weighted by atomic mass is 19.1. The fourth-order valence-electron chi connectivity index (χ4n) is 6.19. The molecule has 0 aliphatic rings. The maximum Gasteiger partial charge on any atom is 0.412 e. The molecule has 8 nitrogen and oxygen atoms in total. The van der Waals surface area contributed by atoms with Gasteiger partial charge >= 0.3 is 6.09 Å². The second kappa shape index (κ2) is 14.7. The van der Waals surface area contributed by atoms with E-state index in [1.807, 2.05) is 79.8 Å². The Kier molecular flexibility index (Phi) is 10.2. The summed E-state index contributed by atoms with van der Waals surface area (Å²) in [7, 11) is 1.97. The summed E-state index contributed by atoms with van der Waals surface area (Å²) in [4.78, 5) is 34.3. The molecule has 4 aromatic carbocycles. The second-order valence-electron chi connectivity index (χ2n) is 13.7. The molecule has 1 N–H and O–H groups in total. The van der Waals surface area contributed by atoms with Crippen LogP contribution in [-0.4, -0.2) is 37.6 Å². The van der Waals surface area contributed by atoms with Crippen LogP contribution in [0, 0.1) is 18.6 Å². The van der Waals surface area contributed by atoms with Gasteiger partial charge in [-0.15, -0.1) is 0 Å². The van der Waals surface area contributed by atoms with Crippen molar-refractivity contribution in [3.63, 3.8) is 0 Å². The number of halogens is 2. The third-order valence-corrected chi connectivity index (χ3v) is 8.62. The minimum Gasteiger partial charge on any atom is -0.444 e. The third kappa shape index (κ3) is 8.07. The Hall–Kier alpha value is -5.61. The number of carbonyl (C=O) groups excluding carboxylic acids is 1. The topological polar surface area (TPSA) is 80.9 Å². The molecule has 0 saturated heterocycles.